The maximum atomic E-state index is 6.47. The Bertz CT molecular complexity index is 3800. The second kappa shape index (κ2) is 12.0. The molecular weight excluding hydrogens is 729 g/mol. The van der Waals surface area contributed by atoms with Crippen LogP contribution in [0.15, 0.2) is 186 Å². The van der Waals surface area contributed by atoms with E-state index in [9.17, 15) is 0 Å². The molecule has 0 fully saturated rings. The van der Waals surface area contributed by atoms with Gasteiger partial charge in [-0.15, -0.1) is 11.3 Å². The minimum atomic E-state index is 0.617. The SMILES string of the molecule is c1ccc(-c2cccc(-n3c4ccccc4c4cc5c(cc43)sc3cc4c6ccccc6n(-c6nc(-c7ccccc7)c7oc8ccccc8c7n6)c4cc35)c2)cc1. The van der Waals surface area contributed by atoms with E-state index in [0.29, 0.717) is 11.5 Å². The second-order valence-corrected chi connectivity index (χ2v) is 16.1. The minimum absolute atomic E-state index is 0.617. The number of thiophene rings is 1. The van der Waals surface area contributed by atoms with Gasteiger partial charge >= 0.3 is 0 Å². The molecule has 0 saturated carbocycles. The van der Waals surface area contributed by atoms with Crippen LogP contribution < -0.4 is 0 Å². The van der Waals surface area contributed by atoms with E-state index in [1.54, 1.807) is 0 Å². The molecule has 270 valence electrons. The minimum Gasteiger partial charge on any atom is -0.452 e. The van der Waals surface area contributed by atoms with Crippen LogP contribution in [0.25, 0.3) is 120 Å². The van der Waals surface area contributed by atoms with Crippen molar-refractivity contribution in [2.45, 2.75) is 0 Å². The summed E-state index contributed by atoms with van der Waals surface area (Å²) in [4.78, 5) is 10.6. The lowest BCUT2D eigenvalue weighted by molar-refractivity contribution is 0.666. The van der Waals surface area contributed by atoms with E-state index in [1.807, 2.05) is 47.7 Å². The Kier molecular flexibility index (Phi) is 6.54. The summed E-state index contributed by atoms with van der Waals surface area (Å²) in [5.41, 5.74) is 12.1. The lowest BCUT2D eigenvalue weighted by Crippen LogP contribution is -2.02. The van der Waals surface area contributed by atoms with Crippen LogP contribution in [0.2, 0.25) is 0 Å². The number of hydrogen-bond acceptors (Lipinski definition) is 4. The number of fused-ring (bicyclic) bond motifs is 12. The summed E-state index contributed by atoms with van der Waals surface area (Å²) < 4.78 is 13.6. The molecule has 58 heavy (non-hydrogen) atoms. The molecular formula is C52H30N4OS. The van der Waals surface area contributed by atoms with Crippen molar-refractivity contribution in [1.29, 1.82) is 0 Å². The van der Waals surface area contributed by atoms with Crippen molar-refractivity contribution in [3.63, 3.8) is 0 Å². The molecule has 0 unspecified atom stereocenters. The quantitative estimate of drug-likeness (QED) is 0.180. The van der Waals surface area contributed by atoms with Crippen LogP contribution in [0.5, 0.6) is 0 Å². The van der Waals surface area contributed by atoms with Crippen molar-refractivity contribution in [3.05, 3.63) is 182 Å². The Morgan fingerprint density at radius 1 is 0.397 bits per heavy atom. The molecule has 8 aromatic carbocycles. The fourth-order valence-corrected chi connectivity index (χ4v) is 10.3. The first-order chi connectivity index (χ1) is 28.7. The molecule has 0 aliphatic carbocycles. The first-order valence-electron chi connectivity index (χ1n) is 19.5. The van der Waals surface area contributed by atoms with Crippen molar-refractivity contribution in [2.24, 2.45) is 0 Å². The molecule has 0 aliphatic heterocycles. The van der Waals surface area contributed by atoms with E-state index in [2.05, 4.69) is 155 Å². The van der Waals surface area contributed by atoms with Gasteiger partial charge in [0.15, 0.2) is 5.58 Å². The largest absolute Gasteiger partial charge is 0.452 e. The summed E-state index contributed by atoms with van der Waals surface area (Å²) in [7, 11) is 0. The molecule has 0 N–H and O–H groups in total. The van der Waals surface area contributed by atoms with Gasteiger partial charge in [-0.25, -0.2) is 9.97 Å². The van der Waals surface area contributed by atoms with Crippen LogP contribution in [0.4, 0.5) is 0 Å². The van der Waals surface area contributed by atoms with Gasteiger partial charge in [0, 0.05) is 58.4 Å². The van der Waals surface area contributed by atoms with E-state index < -0.39 is 0 Å². The number of furan rings is 1. The molecule has 13 aromatic rings. The average molecular weight is 759 g/mol. The Labute approximate surface area is 335 Å². The fourth-order valence-electron chi connectivity index (χ4n) is 9.12. The highest BCUT2D eigenvalue weighted by Gasteiger charge is 2.23. The summed E-state index contributed by atoms with van der Waals surface area (Å²) in [6.07, 6.45) is 0. The summed E-state index contributed by atoms with van der Waals surface area (Å²) in [5, 5.41) is 8.26. The number of rotatable bonds is 4. The molecule has 0 saturated heterocycles. The molecule has 0 radical (unpaired) electrons. The fraction of sp³-hybridized carbons (Fsp3) is 0. The number of para-hydroxylation sites is 3. The third-order valence-corrected chi connectivity index (χ3v) is 12.8. The van der Waals surface area contributed by atoms with E-state index in [1.165, 1.54) is 63.9 Å². The van der Waals surface area contributed by atoms with Crippen LogP contribution in [0.1, 0.15) is 0 Å². The van der Waals surface area contributed by atoms with Gasteiger partial charge in [0.05, 0.1) is 22.1 Å². The van der Waals surface area contributed by atoms with Gasteiger partial charge in [0.1, 0.15) is 16.8 Å². The predicted molar refractivity (Wildman–Crippen MR) is 242 cm³/mol. The number of nitrogens with zero attached hydrogens (tertiary/aromatic N) is 4. The smallest absolute Gasteiger partial charge is 0.236 e. The Morgan fingerprint density at radius 3 is 1.79 bits per heavy atom. The van der Waals surface area contributed by atoms with Gasteiger partial charge in [-0.1, -0.05) is 121 Å². The highest BCUT2D eigenvalue weighted by atomic mass is 32.1. The third kappa shape index (κ3) is 4.52. The van der Waals surface area contributed by atoms with Gasteiger partial charge < -0.3 is 8.98 Å². The molecule has 5 nitrogen and oxygen atoms in total. The molecule has 13 rings (SSSR count). The molecule has 0 amide bonds. The van der Waals surface area contributed by atoms with Crippen LogP contribution in [-0.2, 0) is 0 Å². The zero-order chi connectivity index (χ0) is 37.9. The highest BCUT2D eigenvalue weighted by Crippen LogP contribution is 2.44. The summed E-state index contributed by atoms with van der Waals surface area (Å²) in [5.74, 6) is 0.617. The third-order valence-electron chi connectivity index (χ3n) is 11.7. The van der Waals surface area contributed by atoms with Crippen molar-refractivity contribution < 1.29 is 4.42 Å². The van der Waals surface area contributed by atoms with Gasteiger partial charge in [-0.05, 0) is 71.8 Å². The van der Waals surface area contributed by atoms with Crippen molar-refractivity contribution in [1.82, 2.24) is 19.1 Å². The maximum Gasteiger partial charge on any atom is 0.236 e. The predicted octanol–water partition coefficient (Wildman–Crippen LogP) is 14.3. The van der Waals surface area contributed by atoms with E-state index >= 15 is 0 Å². The van der Waals surface area contributed by atoms with E-state index in [0.717, 1.165) is 44.5 Å². The van der Waals surface area contributed by atoms with Gasteiger partial charge in [0.2, 0.25) is 5.95 Å². The average Bonchev–Trinajstić information content (AvgIpc) is 4.02. The maximum absolute atomic E-state index is 6.47. The summed E-state index contributed by atoms with van der Waals surface area (Å²) in [6.45, 7) is 0. The van der Waals surface area contributed by atoms with Crippen molar-refractivity contribution in [2.75, 3.05) is 0 Å². The molecule has 6 heteroatoms. The zero-order valence-corrected chi connectivity index (χ0v) is 31.7. The topological polar surface area (TPSA) is 48.8 Å². The van der Waals surface area contributed by atoms with Gasteiger partial charge in [-0.2, -0.15) is 0 Å². The lowest BCUT2D eigenvalue weighted by atomic mass is 10.1. The molecule has 5 heterocycles. The van der Waals surface area contributed by atoms with E-state index in [-0.39, 0.29) is 0 Å². The van der Waals surface area contributed by atoms with Crippen LogP contribution in [0, 0.1) is 0 Å². The van der Waals surface area contributed by atoms with Crippen LogP contribution >= 0.6 is 11.3 Å². The number of hydrogen-bond donors (Lipinski definition) is 0. The zero-order valence-electron chi connectivity index (χ0n) is 30.9. The van der Waals surface area contributed by atoms with Crippen molar-refractivity contribution in [3.8, 4) is 34.0 Å². The lowest BCUT2D eigenvalue weighted by Gasteiger charge is -2.10. The van der Waals surface area contributed by atoms with E-state index in [4.69, 9.17) is 14.4 Å². The standard InChI is InChI=1S/C52H30N4OS/c1-3-14-31(15-4-1)33-18-13-19-34(26-33)55-42-23-10-7-20-35(42)38-27-40-41-28-44-39(29-47(41)58-48(40)30-45(38)55)36-21-8-11-24-43(36)56(44)52-53-49(32-16-5-2-6-17-32)51-50(54-52)37-22-9-12-25-46(37)57-51/h1-30H. The van der Waals surface area contributed by atoms with Gasteiger partial charge in [0.25, 0.3) is 0 Å². The molecule has 0 aliphatic rings. The molecule has 0 atom stereocenters. The van der Waals surface area contributed by atoms with Crippen molar-refractivity contribution >= 4 is 97.2 Å². The Hall–Kier alpha value is -7.54. The second-order valence-electron chi connectivity index (χ2n) is 15.0. The Morgan fingerprint density at radius 2 is 1.00 bits per heavy atom. The van der Waals surface area contributed by atoms with Gasteiger partial charge in [-0.3, -0.25) is 4.57 Å². The first-order valence-corrected chi connectivity index (χ1v) is 20.3. The van der Waals surface area contributed by atoms with Crippen LogP contribution in [0.3, 0.4) is 0 Å². The monoisotopic (exact) mass is 758 g/mol. The number of benzene rings is 8. The first kappa shape index (κ1) is 31.6. The molecule has 0 bridgehead atoms. The van der Waals surface area contributed by atoms with Crippen LogP contribution in [-0.4, -0.2) is 19.1 Å². The summed E-state index contributed by atoms with van der Waals surface area (Å²) >= 11 is 1.86. The molecule has 5 aromatic heterocycles. The number of aromatic nitrogens is 4. The Balaban J connectivity index is 1.08. The highest BCUT2D eigenvalue weighted by molar-refractivity contribution is 7.26. The normalized spacial score (nSPS) is 12.1. The summed E-state index contributed by atoms with van der Waals surface area (Å²) in [6, 6.07) is 64.8. The molecule has 0 spiro atoms.